The first kappa shape index (κ1) is 16.5. The van der Waals surface area contributed by atoms with Gasteiger partial charge in [-0.05, 0) is 51.5 Å². The van der Waals surface area contributed by atoms with Gasteiger partial charge in [0.1, 0.15) is 11.3 Å². The summed E-state index contributed by atoms with van der Waals surface area (Å²) in [6.07, 6.45) is -0.527. The molecular formula is C16H19N3O4. The van der Waals surface area contributed by atoms with Gasteiger partial charge in [-0.25, -0.2) is 9.59 Å². The third-order valence-corrected chi connectivity index (χ3v) is 2.97. The molecule has 0 bridgehead atoms. The van der Waals surface area contributed by atoms with Crippen molar-refractivity contribution < 1.29 is 19.4 Å². The number of carboxylic acids is 1. The zero-order valence-corrected chi connectivity index (χ0v) is 13.4. The highest BCUT2D eigenvalue weighted by molar-refractivity contribution is 5.88. The van der Waals surface area contributed by atoms with E-state index in [0.29, 0.717) is 11.4 Å². The second-order valence-corrected chi connectivity index (χ2v) is 6.13. The monoisotopic (exact) mass is 317 g/mol. The molecule has 0 fully saturated rings. The van der Waals surface area contributed by atoms with E-state index in [2.05, 4.69) is 15.5 Å². The number of hydrogen-bond donors (Lipinski definition) is 3. The highest BCUT2D eigenvalue weighted by Crippen LogP contribution is 2.24. The lowest BCUT2D eigenvalue weighted by Gasteiger charge is -2.20. The Hall–Kier alpha value is -2.83. The van der Waals surface area contributed by atoms with E-state index in [-0.39, 0.29) is 5.69 Å². The molecule has 2 rings (SSSR count). The van der Waals surface area contributed by atoms with Gasteiger partial charge in [-0.2, -0.15) is 5.10 Å². The van der Waals surface area contributed by atoms with Crippen molar-refractivity contribution in [2.24, 2.45) is 0 Å². The number of ether oxygens (including phenoxy) is 1. The molecule has 0 aliphatic rings. The van der Waals surface area contributed by atoms with Crippen molar-refractivity contribution in [1.82, 2.24) is 10.2 Å². The van der Waals surface area contributed by atoms with Crippen molar-refractivity contribution in [2.45, 2.75) is 33.3 Å². The zero-order valence-electron chi connectivity index (χ0n) is 13.4. The Morgan fingerprint density at radius 2 is 1.96 bits per heavy atom. The predicted molar refractivity (Wildman–Crippen MR) is 85.6 cm³/mol. The van der Waals surface area contributed by atoms with E-state index in [1.54, 1.807) is 32.9 Å². The van der Waals surface area contributed by atoms with Crippen molar-refractivity contribution >= 4 is 17.7 Å². The summed E-state index contributed by atoms with van der Waals surface area (Å²) >= 11 is 0. The molecule has 1 aromatic heterocycles. The molecule has 122 valence electrons. The maximum atomic E-state index is 11.8. The first-order valence-corrected chi connectivity index (χ1v) is 7.05. The number of aryl methyl sites for hydroxylation is 1. The minimum Gasteiger partial charge on any atom is -0.477 e. The number of aromatic carboxylic acids is 1. The van der Waals surface area contributed by atoms with Gasteiger partial charge in [0, 0.05) is 11.3 Å². The van der Waals surface area contributed by atoms with Crippen molar-refractivity contribution in [2.75, 3.05) is 5.32 Å². The van der Waals surface area contributed by atoms with Crippen LogP contribution < -0.4 is 5.32 Å². The Morgan fingerprint density at radius 1 is 1.26 bits per heavy atom. The molecule has 0 saturated carbocycles. The summed E-state index contributed by atoms with van der Waals surface area (Å²) < 4.78 is 5.21. The van der Waals surface area contributed by atoms with Crippen LogP contribution in [0.2, 0.25) is 0 Å². The SMILES string of the molecule is Cc1cc(-c2cc(C(=O)O)[nH]n2)ccc1NC(=O)OC(C)(C)C. The molecule has 0 unspecified atom stereocenters. The number of benzene rings is 1. The lowest BCUT2D eigenvalue weighted by Crippen LogP contribution is -2.27. The van der Waals surface area contributed by atoms with E-state index in [1.165, 1.54) is 6.07 Å². The minimum absolute atomic E-state index is 0.0219. The van der Waals surface area contributed by atoms with Gasteiger partial charge in [-0.15, -0.1) is 0 Å². The fourth-order valence-electron chi connectivity index (χ4n) is 1.96. The quantitative estimate of drug-likeness (QED) is 0.804. The highest BCUT2D eigenvalue weighted by atomic mass is 16.6. The number of rotatable bonds is 3. The van der Waals surface area contributed by atoms with Crippen molar-refractivity contribution in [3.63, 3.8) is 0 Å². The van der Waals surface area contributed by atoms with E-state index >= 15 is 0 Å². The number of hydrogen-bond acceptors (Lipinski definition) is 4. The van der Waals surface area contributed by atoms with Crippen LogP contribution in [0.15, 0.2) is 24.3 Å². The first-order chi connectivity index (χ1) is 10.7. The number of anilines is 1. The summed E-state index contributed by atoms with van der Waals surface area (Å²) in [4.78, 5) is 22.7. The molecule has 1 heterocycles. The highest BCUT2D eigenvalue weighted by Gasteiger charge is 2.17. The number of nitrogens with zero attached hydrogens (tertiary/aromatic N) is 1. The van der Waals surface area contributed by atoms with Crippen LogP contribution in [0.3, 0.4) is 0 Å². The molecule has 0 atom stereocenters. The van der Waals surface area contributed by atoms with Crippen LogP contribution >= 0.6 is 0 Å². The molecule has 2 aromatic rings. The van der Waals surface area contributed by atoms with E-state index in [0.717, 1.165) is 11.1 Å². The standard InChI is InChI=1S/C16H19N3O4/c1-9-7-10(12-8-13(14(20)21)19-18-12)5-6-11(9)17-15(22)23-16(2,3)4/h5-8H,1-4H3,(H,17,22)(H,18,19)(H,20,21). The summed E-state index contributed by atoms with van der Waals surface area (Å²) in [6.45, 7) is 7.21. The Kier molecular flexibility index (Phi) is 4.40. The van der Waals surface area contributed by atoms with Gasteiger partial charge in [0.05, 0.1) is 5.69 Å². The average Bonchev–Trinajstić information content (AvgIpc) is 2.88. The molecule has 23 heavy (non-hydrogen) atoms. The molecule has 0 aliphatic heterocycles. The van der Waals surface area contributed by atoms with E-state index in [1.807, 2.05) is 13.0 Å². The fourth-order valence-corrected chi connectivity index (χ4v) is 1.96. The number of amides is 1. The zero-order chi connectivity index (χ0) is 17.2. The van der Waals surface area contributed by atoms with Crippen LogP contribution in [0.1, 0.15) is 36.8 Å². The lowest BCUT2D eigenvalue weighted by atomic mass is 10.1. The van der Waals surface area contributed by atoms with Gasteiger partial charge in [0.2, 0.25) is 0 Å². The minimum atomic E-state index is -1.07. The van der Waals surface area contributed by atoms with E-state index in [4.69, 9.17) is 9.84 Å². The van der Waals surface area contributed by atoms with Crippen molar-refractivity contribution in [3.05, 3.63) is 35.5 Å². The van der Waals surface area contributed by atoms with Crippen LogP contribution in [0.5, 0.6) is 0 Å². The van der Waals surface area contributed by atoms with E-state index in [9.17, 15) is 9.59 Å². The van der Waals surface area contributed by atoms with Gasteiger partial charge in [0.25, 0.3) is 0 Å². The van der Waals surface area contributed by atoms with Gasteiger partial charge in [-0.1, -0.05) is 6.07 Å². The largest absolute Gasteiger partial charge is 0.477 e. The topological polar surface area (TPSA) is 104 Å². The number of H-pyrrole nitrogens is 1. The van der Waals surface area contributed by atoms with Gasteiger partial charge >= 0.3 is 12.1 Å². The maximum absolute atomic E-state index is 11.8. The van der Waals surface area contributed by atoms with Crippen molar-refractivity contribution in [3.8, 4) is 11.3 Å². The molecule has 3 N–H and O–H groups in total. The number of carbonyl (C=O) groups is 2. The molecule has 1 aromatic carbocycles. The molecule has 7 heteroatoms. The summed E-state index contributed by atoms with van der Waals surface area (Å²) in [5.41, 5.74) is 2.16. The molecule has 0 spiro atoms. The van der Waals surface area contributed by atoms with Crippen molar-refractivity contribution in [1.29, 1.82) is 0 Å². The predicted octanol–water partition coefficient (Wildman–Crippen LogP) is 3.43. The van der Waals surface area contributed by atoms with Gasteiger partial charge in [-0.3, -0.25) is 10.4 Å². The third kappa shape index (κ3) is 4.32. The smallest absolute Gasteiger partial charge is 0.412 e. The molecule has 7 nitrogen and oxygen atoms in total. The molecule has 1 amide bonds. The summed E-state index contributed by atoms with van der Waals surface area (Å²) in [6, 6.07) is 6.75. The molecule has 0 saturated heterocycles. The average molecular weight is 317 g/mol. The normalized spacial score (nSPS) is 11.1. The number of carboxylic acid groups (broad SMARTS) is 1. The maximum Gasteiger partial charge on any atom is 0.412 e. The van der Waals surface area contributed by atoms with Crippen LogP contribution in [-0.2, 0) is 4.74 Å². The van der Waals surface area contributed by atoms with Crippen LogP contribution in [0, 0.1) is 6.92 Å². The second kappa shape index (κ2) is 6.12. The fraction of sp³-hybridized carbons (Fsp3) is 0.312. The second-order valence-electron chi connectivity index (χ2n) is 6.13. The molecule has 0 radical (unpaired) electrons. The summed E-state index contributed by atoms with van der Waals surface area (Å²) in [5, 5.41) is 18.0. The number of carbonyl (C=O) groups excluding carboxylic acids is 1. The lowest BCUT2D eigenvalue weighted by molar-refractivity contribution is 0.0633. The Labute approximate surface area is 133 Å². The number of aromatic amines is 1. The first-order valence-electron chi connectivity index (χ1n) is 7.05. The van der Waals surface area contributed by atoms with Crippen LogP contribution in [-0.4, -0.2) is 33.0 Å². The van der Waals surface area contributed by atoms with E-state index < -0.39 is 17.7 Å². The Balaban J connectivity index is 2.17. The van der Waals surface area contributed by atoms with Gasteiger partial charge in [0.15, 0.2) is 0 Å². The molecule has 0 aliphatic carbocycles. The third-order valence-electron chi connectivity index (χ3n) is 2.97. The van der Waals surface area contributed by atoms with Crippen LogP contribution in [0.25, 0.3) is 11.3 Å². The molecular weight excluding hydrogens is 298 g/mol. The Bertz CT molecular complexity index is 744. The van der Waals surface area contributed by atoms with Gasteiger partial charge < -0.3 is 9.84 Å². The number of aromatic nitrogens is 2. The summed E-state index contributed by atoms with van der Waals surface area (Å²) in [5.74, 6) is -1.07. The Morgan fingerprint density at radius 3 is 2.48 bits per heavy atom. The van der Waals surface area contributed by atoms with Crippen LogP contribution in [0.4, 0.5) is 10.5 Å². The summed E-state index contributed by atoms with van der Waals surface area (Å²) in [7, 11) is 0. The number of nitrogens with one attached hydrogen (secondary N) is 2.